The maximum absolute atomic E-state index is 4.24. The Labute approximate surface area is 115 Å². The van der Waals surface area contributed by atoms with Crippen molar-refractivity contribution >= 4 is 11.4 Å². The van der Waals surface area contributed by atoms with Gasteiger partial charge in [-0.25, -0.2) is 0 Å². The largest absolute Gasteiger partial charge is 0.151 e. The molecule has 0 amide bonds. The zero-order valence-electron chi connectivity index (χ0n) is 11.6. The number of nitrogens with zero attached hydrogens (tertiary/aromatic N) is 2. The maximum Gasteiger partial charge on any atom is 0.0857 e. The molecule has 1 unspecified atom stereocenters. The molecule has 0 bridgehead atoms. The van der Waals surface area contributed by atoms with Gasteiger partial charge >= 0.3 is 0 Å². The number of benzene rings is 2. The van der Waals surface area contributed by atoms with Gasteiger partial charge in [-0.15, -0.1) is 0 Å². The average Bonchev–Trinajstić information content (AvgIpc) is 2.47. The van der Waals surface area contributed by atoms with Gasteiger partial charge in [-0.3, -0.25) is 0 Å². The molecular formula is C17H20N2. The topological polar surface area (TPSA) is 24.7 Å². The lowest BCUT2D eigenvalue weighted by Crippen LogP contribution is -1.96. The van der Waals surface area contributed by atoms with Gasteiger partial charge in [0.1, 0.15) is 0 Å². The van der Waals surface area contributed by atoms with Crippen molar-refractivity contribution in [2.75, 3.05) is 0 Å². The predicted molar refractivity (Wildman–Crippen MR) is 80.2 cm³/mol. The van der Waals surface area contributed by atoms with Gasteiger partial charge in [0.15, 0.2) is 0 Å². The normalized spacial score (nSPS) is 12.7. The van der Waals surface area contributed by atoms with Crippen molar-refractivity contribution in [1.82, 2.24) is 0 Å². The highest BCUT2D eigenvalue weighted by atomic mass is 15.1. The van der Waals surface area contributed by atoms with Gasteiger partial charge in [-0.1, -0.05) is 50.6 Å². The van der Waals surface area contributed by atoms with E-state index in [2.05, 4.69) is 36.2 Å². The fraction of sp³-hybridized carbons (Fsp3) is 0.294. The average molecular weight is 252 g/mol. The van der Waals surface area contributed by atoms with Crippen LogP contribution in [0.25, 0.3) is 0 Å². The van der Waals surface area contributed by atoms with Crippen molar-refractivity contribution < 1.29 is 0 Å². The Kier molecular flexibility index (Phi) is 4.85. The molecular weight excluding hydrogens is 232 g/mol. The van der Waals surface area contributed by atoms with Crippen molar-refractivity contribution in [3.8, 4) is 0 Å². The monoisotopic (exact) mass is 252 g/mol. The standard InChI is InChI=1S/C17H20N2/c1-3-14(2)13-15-9-11-17(12-10-15)19-18-16-7-5-4-6-8-16/h4-12,14H,3,13H2,1-2H3. The molecule has 0 saturated heterocycles. The van der Waals surface area contributed by atoms with Crippen LogP contribution in [-0.4, -0.2) is 0 Å². The molecule has 0 aliphatic carbocycles. The molecule has 0 fully saturated rings. The first-order valence-corrected chi connectivity index (χ1v) is 6.83. The number of hydrogen-bond donors (Lipinski definition) is 0. The third-order valence-corrected chi connectivity index (χ3v) is 3.25. The molecule has 1 atom stereocenters. The fourth-order valence-electron chi connectivity index (χ4n) is 1.86. The van der Waals surface area contributed by atoms with E-state index in [9.17, 15) is 0 Å². The number of azo groups is 1. The van der Waals surface area contributed by atoms with Gasteiger partial charge in [0.25, 0.3) is 0 Å². The van der Waals surface area contributed by atoms with Crippen molar-refractivity contribution in [3.05, 3.63) is 60.2 Å². The number of rotatable bonds is 5. The Balaban J connectivity index is 2.01. The summed E-state index contributed by atoms with van der Waals surface area (Å²) in [4.78, 5) is 0. The van der Waals surface area contributed by atoms with Crippen LogP contribution in [-0.2, 0) is 6.42 Å². The van der Waals surface area contributed by atoms with E-state index in [1.165, 1.54) is 12.0 Å². The third kappa shape index (κ3) is 4.32. The smallest absolute Gasteiger partial charge is 0.0857 e. The van der Waals surface area contributed by atoms with Gasteiger partial charge in [-0.05, 0) is 42.2 Å². The second-order valence-corrected chi connectivity index (χ2v) is 4.92. The summed E-state index contributed by atoms with van der Waals surface area (Å²) >= 11 is 0. The van der Waals surface area contributed by atoms with Crippen molar-refractivity contribution in [3.63, 3.8) is 0 Å². The van der Waals surface area contributed by atoms with Gasteiger partial charge in [0, 0.05) is 0 Å². The van der Waals surface area contributed by atoms with Crippen molar-refractivity contribution in [2.45, 2.75) is 26.7 Å². The van der Waals surface area contributed by atoms with Crippen LogP contribution in [0.5, 0.6) is 0 Å². The summed E-state index contributed by atoms with van der Waals surface area (Å²) in [6.07, 6.45) is 2.35. The molecule has 0 heterocycles. The molecule has 0 saturated carbocycles. The van der Waals surface area contributed by atoms with E-state index >= 15 is 0 Å². The van der Waals surface area contributed by atoms with E-state index in [1.54, 1.807) is 0 Å². The minimum absolute atomic E-state index is 0.733. The van der Waals surface area contributed by atoms with E-state index in [1.807, 2.05) is 42.5 Å². The molecule has 2 aromatic rings. The summed E-state index contributed by atoms with van der Waals surface area (Å²) < 4.78 is 0. The second kappa shape index (κ2) is 6.83. The number of hydrogen-bond acceptors (Lipinski definition) is 2. The highest BCUT2D eigenvalue weighted by Gasteiger charge is 2.00. The van der Waals surface area contributed by atoms with E-state index in [0.29, 0.717) is 0 Å². The lowest BCUT2D eigenvalue weighted by molar-refractivity contribution is 0.560. The molecule has 98 valence electrons. The van der Waals surface area contributed by atoms with E-state index < -0.39 is 0 Å². The lowest BCUT2D eigenvalue weighted by atomic mass is 9.99. The van der Waals surface area contributed by atoms with Crippen LogP contribution in [0.4, 0.5) is 11.4 Å². The first-order chi connectivity index (χ1) is 9.28. The van der Waals surface area contributed by atoms with E-state index in [4.69, 9.17) is 0 Å². The Morgan fingerprint density at radius 2 is 1.42 bits per heavy atom. The fourth-order valence-corrected chi connectivity index (χ4v) is 1.86. The SMILES string of the molecule is CCC(C)Cc1ccc(N=Nc2ccccc2)cc1. The summed E-state index contributed by atoms with van der Waals surface area (Å²) in [5.74, 6) is 0.733. The van der Waals surface area contributed by atoms with Crippen LogP contribution in [0.15, 0.2) is 64.8 Å². The molecule has 2 aromatic carbocycles. The highest BCUT2D eigenvalue weighted by Crippen LogP contribution is 2.19. The molecule has 0 aliphatic heterocycles. The summed E-state index contributed by atoms with van der Waals surface area (Å²) in [5, 5.41) is 8.45. The van der Waals surface area contributed by atoms with Crippen molar-refractivity contribution in [2.24, 2.45) is 16.1 Å². The summed E-state index contributed by atoms with van der Waals surface area (Å²) in [5.41, 5.74) is 3.15. The minimum atomic E-state index is 0.733. The lowest BCUT2D eigenvalue weighted by Gasteiger charge is -2.07. The summed E-state index contributed by atoms with van der Waals surface area (Å²) in [7, 11) is 0. The van der Waals surface area contributed by atoms with Gasteiger partial charge in [-0.2, -0.15) is 10.2 Å². The zero-order chi connectivity index (χ0) is 13.5. The van der Waals surface area contributed by atoms with Crippen LogP contribution >= 0.6 is 0 Å². The third-order valence-electron chi connectivity index (χ3n) is 3.25. The molecule has 19 heavy (non-hydrogen) atoms. The first-order valence-electron chi connectivity index (χ1n) is 6.83. The minimum Gasteiger partial charge on any atom is -0.151 e. The summed E-state index contributed by atoms with van der Waals surface area (Å²) in [6.45, 7) is 4.51. The van der Waals surface area contributed by atoms with E-state index in [0.717, 1.165) is 23.7 Å². The molecule has 2 nitrogen and oxygen atoms in total. The second-order valence-electron chi connectivity index (χ2n) is 4.92. The maximum atomic E-state index is 4.24. The molecule has 0 spiro atoms. The van der Waals surface area contributed by atoms with Crippen molar-refractivity contribution in [1.29, 1.82) is 0 Å². The Hall–Kier alpha value is -1.96. The molecule has 0 aliphatic rings. The predicted octanol–water partition coefficient (Wildman–Crippen LogP) is 5.69. The quantitative estimate of drug-likeness (QED) is 0.611. The molecule has 2 rings (SSSR count). The molecule has 0 radical (unpaired) electrons. The zero-order valence-corrected chi connectivity index (χ0v) is 11.6. The van der Waals surface area contributed by atoms with E-state index in [-0.39, 0.29) is 0 Å². The molecule has 0 aromatic heterocycles. The van der Waals surface area contributed by atoms with Gasteiger partial charge < -0.3 is 0 Å². The Morgan fingerprint density at radius 3 is 2.00 bits per heavy atom. The Morgan fingerprint density at radius 1 is 0.842 bits per heavy atom. The van der Waals surface area contributed by atoms with Gasteiger partial charge in [0.2, 0.25) is 0 Å². The first kappa shape index (κ1) is 13.5. The van der Waals surface area contributed by atoms with Crippen LogP contribution in [0, 0.1) is 5.92 Å². The Bertz CT molecular complexity index is 515. The van der Waals surface area contributed by atoms with Crippen LogP contribution in [0.3, 0.4) is 0 Å². The summed E-state index contributed by atoms with van der Waals surface area (Å²) in [6, 6.07) is 18.1. The van der Waals surface area contributed by atoms with Crippen LogP contribution in [0.1, 0.15) is 25.8 Å². The molecule has 2 heteroatoms. The van der Waals surface area contributed by atoms with Gasteiger partial charge in [0.05, 0.1) is 11.4 Å². The van der Waals surface area contributed by atoms with Crippen LogP contribution < -0.4 is 0 Å². The molecule has 0 N–H and O–H groups in total. The van der Waals surface area contributed by atoms with Crippen LogP contribution in [0.2, 0.25) is 0 Å². The highest BCUT2D eigenvalue weighted by molar-refractivity contribution is 5.41.